The van der Waals surface area contributed by atoms with Gasteiger partial charge in [0.25, 0.3) is 0 Å². The molecule has 1 aliphatic heterocycles. The fourth-order valence-electron chi connectivity index (χ4n) is 2.15. The summed E-state index contributed by atoms with van der Waals surface area (Å²) >= 11 is 0. The van der Waals surface area contributed by atoms with E-state index in [1.165, 1.54) is 7.11 Å². The number of hydrogen-bond acceptors (Lipinski definition) is 4. The second-order valence-electron chi connectivity index (χ2n) is 4.30. The minimum absolute atomic E-state index is 0.0270. The first kappa shape index (κ1) is 14.6. The van der Waals surface area contributed by atoms with Gasteiger partial charge in [-0.2, -0.15) is 0 Å². The van der Waals surface area contributed by atoms with Crippen molar-refractivity contribution in [3.8, 4) is 0 Å². The van der Waals surface area contributed by atoms with Crippen LogP contribution in [0.15, 0.2) is 12.7 Å². The molecule has 6 heteroatoms. The van der Waals surface area contributed by atoms with Crippen molar-refractivity contribution in [2.24, 2.45) is 5.14 Å². The molecule has 17 heavy (non-hydrogen) atoms. The Balaban J connectivity index is 2.74. The third-order valence-corrected chi connectivity index (χ3v) is 4.40. The maximum Gasteiger partial charge on any atom is 0.214 e. The molecular weight excluding hydrogens is 242 g/mol. The molecular formula is C11H21NO4S. The number of methoxy groups -OCH3 is 1. The van der Waals surface area contributed by atoms with E-state index in [-0.39, 0.29) is 6.10 Å². The highest BCUT2D eigenvalue weighted by atomic mass is 32.2. The van der Waals surface area contributed by atoms with Crippen molar-refractivity contribution >= 4 is 10.0 Å². The number of rotatable bonds is 7. The van der Waals surface area contributed by atoms with Gasteiger partial charge in [0.2, 0.25) is 10.0 Å². The molecule has 1 heterocycles. The summed E-state index contributed by atoms with van der Waals surface area (Å²) in [6.45, 7) is 4.29. The Morgan fingerprint density at radius 3 is 2.76 bits per heavy atom. The van der Waals surface area contributed by atoms with Gasteiger partial charge in [-0.3, -0.25) is 0 Å². The lowest BCUT2D eigenvalue weighted by molar-refractivity contribution is 0.0632. The molecule has 0 aromatic heterocycles. The van der Waals surface area contributed by atoms with Crippen molar-refractivity contribution in [2.45, 2.75) is 43.1 Å². The van der Waals surface area contributed by atoms with Crippen molar-refractivity contribution in [3.63, 3.8) is 0 Å². The highest BCUT2D eigenvalue weighted by Gasteiger charge is 2.34. The molecule has 2 N–H and O–H groups in total. The van der Waals surface area contributed by atoms with E-state index in [4.69, 9.17) is 14.6 Å². The minimum atomic E-state index is -3.64. The van der Waals surface area contributed by atoms with Crippen LogP contribution in [0.4, 0.5) is 0 Å². The van der Waals surface area contributed by atoms with E-state index >= 15 is 0 Å². The van der Waals surface area contributed by atoms with Crippen LogP contribution in [0.25, 0.3) is 0 Å². The van der Waals surface area contributed by atoms with Crippen LogP contribution in [0.3, 0.4) is 0 Å². The topological polar surface area (TPSA) is 78.6 Å². The van der Waals surface area contributed by atoms with Crippen molar-refractivity contribution in [3.05, 3.63) is 12.7 Å². The van der Waals surface area contributed by atoms with E-state index in [9.17, 15) is 8.42 Å². The van der Waals surface area contributed by atoms with Gasteiger partial charge in [0.1, 0.15) is 5.25 Å². The molecule has 0 aromatic rings. The van der Waals surface area contributed by atoms with Gasteiger partial charge in [-0.1, -0.05) is 6.08 Å². The summed E-state index contributed by atoms with van der Waals surface area (Å²) in [5.41, 5.74) is 0. The van der Waals surface area contributed by atoms with Gasteiger partial charge >= 0.3 is 0 Å². The van der Waals surface area contributed by atoms with Crippen molar-refractivity contribution in [1.82, 2.24) is 0 Å². The lowest BCUT2D eigenvalue weighted by atomic mass is 10.0. The molecule has 5 nitrogen and oxygen atoms in total. The molecule has 0 amide bonds. The van der Waals surface area contributed by atoms with Gasteiger partial charge in [0.15, 0.2) is 0 Å². The van der Waals surface area contributed by atoms with Crippen molar-refractivity contribution in [2.75, 3.05) is 13.7 Å². The third-order valence-electron chi connectivity index (χ3n) is 3.06. The molecule has 3 atom stereocenters. The van der Waals surface area contributed by atoms with E-state index in [1.54, 1.807) is 6.08 Å². The molecule has 0 spiro atoms. The van der Waals surface area contributed by atoms with Crippen LogP contribution in [0.5, 0.6) is 0 Å². The fourth-order valence-corrected chi connectivity index (χ4v) is 3.28. The van der Waals surface area contributed by atoms with Crippen LogP contribution in [-0.2, 0) is 19.5 Å². The molecule has 1 saturated heterocycles. The third kappa shape index (κ3) is 4.39. The molecule has 1 aliphatic rings. The van der Waals surface area contributed by atoms with Crippen LogP contribution in [0.2, 0.25) is 0 Å². The van der Waals surface area contributed by atoms with E-state index in [0.717, 1.165) is 12.8 Å². The Morgan fingerprint density at radius 1 is 1.65 bits per heavy atom. The summed E-state index contributed by atoms with van der Waals surface area (Å²) in [6, 6.07) is 0. The highest BCUT2D eigenvalue weighted by Crippen LogP contribution is 2.23. The molecule has 1 unspecified atom stereocenters. The Morgan fingerprint density at radius 2 is 2.35 bits per heavy atom. The quantitative estimate of drug-likeness (QED) is 0.689. The molecule has 0 bridgehead atoms. The van der Waals surface area contributed by atoms with Crippen LogP contribution in [-0.4, -0.2) is 39.6 Å². The average molecular weight is 263 g/mol. The molecule has 1 fully saturated rings. The molecule has 0 aliphatic carbocycles. The van der Waals surface area contributed by atoms with Gasteiger partial charge in [0, 0.05) is 13.7 Å². The minimum Gasteiger partial charge on any atom is -0.380 e. The summed E-state index contributed by atoms with van der Waals surface area (Å²) < 4.78 is 33.9. The number of sulfonamides is 1. The highest BCUT2D eigenvalue weighted by molar-refractivity contribution is 7.89. The first-order chi connectivity index (χ1) is 7.99. The Hall–Kier alpha value is -0.430. The predicted molar refractivity (Wildman–Crippen MR) is 66.1 cm³/mol. The summed E-state index contributed by atoms with van der Waals surface area (Å²) in [6.07, 6.45) is 3.88. The standard InChI is InChI=1S/C11H21NO4S/c1-3-5-10(15-2)11(17(12,13)14)8-9-6-4-7-16-9/h3,9-11H,1,4-8H2,2H3,(H2,12,13,14)/t9?,10-,11+/m0/s1. The summed E-state index contributed by atoms with van der Waals surface area (Å²) in [7, 11) is -2.15. The summed E-state index contributed by atoms with van der Waals surface area (Å²) in [5, 5.41) is 4.54. The number of hydrogen-bond donors (Lipinski definition) is 1. The Labute approximate surface area is 103 Å². The zero-order valence-electron chi connectivity index (χ0n) is 10.2. The smallest absolute Gasteiger partial charge is 0.214 e. The average Bonchev–Trinajstić information content (AvgIpc) is 2.74. The summed E-state index contributed by atoms with van der Waals surface area (Å²) in [5.74, 6) is 0. The Kier molecular flexibility index (Phi) is 5.58. The van der Waals surface area contributed by atoms with E-state index in [1.807, 2.05) is 0 Å². The first-order valence-electron chi connectivity index (χ1n) is 5.76. The predicted octanol–water partition coefficient (Wildman–Crippen LogP) is 0.804. The maximum absolute atomic E-state index is 11.6. The fraction of sp³-hybridized carbons (Fsp3) is 0.818. The largest absolute Gasteiger partial charge is 0.380 e. The maximum atomic E-state index is 11.6. The molecule has 1 rings (SSSR count). The Bertz CT molecular complexity index is 335. The molecule has 0 saturated carbocycles. The van der Waals surface area contributed by atoms with Crippen LogP contribution in [0, 0.1) is 0 Å². The molecule has 0 radical (unpaired) electrons. The van der Waals surface area contributed by atoms with Crippen LogP contribution >= 0.6 is 0 Å². The zero-order valence-corrected chi connectivity index (χ0v) is 11.0. The van der Waals surface area contributed by atoms with Gasteiger partial charge < -0.3 is 9.47 Å². The van der Waals surface area contributed by atoms with Gasteiger partial charge in [-0.15, -0.1) is 6.58 Å². The lowest BCUT2D eigenvalue weighted by Gasteiger charge is -2.25. The molecule has 100 valence electrons. The number of ether oxygens (including phenoxy) is 2. The van der Waals surface area contributed by atoms with Gasteiger partial charge in [-0.05, 0) is 25.7 Å². The normalized spacial score (nSPS) is 24.5. The second kappa shape index (κ2) is 6.49. The first-order valence-corrected chi connectivity index (χ1v) is 7.37. The van der Waals surface area contributed by atoms with Crippen LogP contribution in [0.1, 0.15) is 25.7 Å². The van der Waals surface area contributed by atoms with Gasteiger partial charge in [-0.25, -0.2) is 13.6 Å². The zero-order chi connectivity index (χ0) is 12.9. The lowest BCUT2D eigenvalue weighted by Crippen LogP contribution is -2.41. The van der Waals surface area contributed by atoms with Crippen molar-refractivity contribution < 1.29 is 17.9 Å². The van der Waals surface area contributed by atoms with Gasteiger partial charge in [0.05, 0.1) is 12.2 Å². The summed E-state index contributed by atoms with van der Waals surface area (Å²) in [4.78, 5) is 0. The van der Waals surface area contributed by atoms with E-state index in [2.05, 4.69) is 6.58 Å². The van der Waals surface area contributed by atoms with Crippen LogP contribution < -0.4 is 5.14 Å². The second-order valence-corrected chi connectivity index (χ2v) is 6.08. The van der Waals surface area contributed by atoms with Crippen molar-refractivity contribution in [1.29, 1.82) is 0 Å². The number of nitrogens with two attached hydrogens (primary N) is 1. The SMILES string of the molecule is C=CC[C@H](OC)[C@@H](CC1CCCO1)S(N)(=O)=O. The van der Waals surface area contributed by atoms with E-state index in [0.29, 0.717) is 19.4 Å². The molecule has 0 aromatic carbocycles. The number of primary sulfonamides is 1. The van der Waals surface area contributed by atoms with E-state index < -0.39 is 21.4 Å². The monoisotopic (exact) mass is 263 g/mol.